The second-order valence-corrected chi connectivity index (χ2v) is 9.99. The van der Waals surface area contributed by atoms with E-state index in [9.17, 15) is 13.2 Å². The maximum absolute atomic E-state index is 13.2. The molecular formula is C19H28N6O3S. The van der Waals surface area contributed by atoms with Crippen molar-refractivity contribution >= 4 is 21.8 Å². The van der Waals surface area contributed by atoms with Gasteiger partial charge in [0.15, 0.2) is 5.69 Å². The van der Waals surface area contributed by atoms with Crippen LogP contribution in [-0.4, -0.2) is 70.1 Å². The number of nitrogens with two attached hydrogens (primary N) is 1. The van der Waals surface area contributed by atoms with E-state index < -0.39 is 16.1 Å². The zero-order valence-corrected chi connectivity index (χ0v) is 17.5. The minimum atomic E-state index is -3.51. The molecule has 0 unspecified atom stereocenters. The number of aromatic nitrogens is 2. The number of amides is 1. The molecule has 3 aliphatic heterocycles. The van der Waals surface area contributed by atoms with E-state index in [1.54, 1.807) is 20.9 Å². The van der Waals surface area contributed by atoms with Crippen LogP contribution in [0.1, 0.15) is 61.5 Å². The molecule has 3 fully saturated rings. The Balaban J connectivity index is 1.48. The quantitative estimate of drug-likeness (QED) is 0.773. The van der Waals surface area contributed by atoms with Gasteiger partial charge in [-0.25, -0.2) is 4.99 Å². The second kappa shape index (κ2) is 8.17. The highest BCUT2D eigenvalue weighted by atomic mass is 32.2. The van der Waals surface area contributed by atoms with E-state index in [1.165, 1.54) is 0 Å². The van der Waals surface area contributed by atoms with Crippen LogP contribution in [0.5, 0.6) is 0 Å². The summed E-state index contributed by atoms with van der Waals surface area (Å²) in [6.45, 7) is 2.94. The van der Waals surface area contributed by atoms with Gasteiger partial charge in [0, 0.05) is 49.8 Å². The van der Waals surface area contributed by atoms with E-state index in [0.29, 0.717) is 38.8 Å². The molecule has 2 N–H and O–H groups in total. The number of piperidine rings is 2. The van der Waals surface area contributed by atoms with Crippen LogP contribution in [0.25, 0.3) is 0 Å². The molecule has 4 rings (SSSR count). The third kappa shape index (κ3) is 4.11. The third-order valence-corrected chi connectivity index (χ3v) is 8.33. The zero-order chi connectivity index (χ0) is 20.6. The first-order chi connectivity index (χ1) is 13.9. The molecule has 0 radical (unpaired) electrons. The van der Waals surface area contributed by atoms with Crippen molar-refractivity contribution in [2.75, 3.05) is 13.1 Å². The first kappa shape index (κ1) is 20.5. The molecule has 4 heterocycles. The average Bonchev–Trinajstić information content (AvgIpc) is 3.00. The predicted molar refractivity (Wildman–Crippen MR) is 109 cm³/mol. The maximum Gasteiger partial charge on any atom is 0.297 e. The van der Waals surface area contributed by atoms with Crippen molar-refractivity contribution in [1.82, 2.24) is 18.8 Å². The Hall–Kier alpha value is -1.75. The minimum absolute atomic E-state index is 0.0820. The topological polar surface area (TPSA) is 122 Å². The van der Waals surface area contributed by atoms with Crippen molar-refractivity contribution in [3.05, 3.63) is 23.5 Å². The molecule has 1 aromatic rings. The highest BCUT2D eigenvalue weighted by molar-refractivity contribution is 7.86. The standard InChI is InChI=1S/C19H28N6O3S/c1-2-13-9-18(23-21-12-13)19(26)22-15-10-16-3-4-17(11-15)25(16)29(27,28)24-7-5-14(20)6-8-24/h9,12,14,16-17H,2-8,10-11,20H2,1H3/t16-,17+. The van der Waals surface area contributed by atoms with Crippen LogP contribution in [0.4, 0.5) is 0 Å². The van der Waals surface area contributed by atoms with Gasteiger partial charge in [0.1, 0.15) is 0 Å². The van der Waals surface area contributed by atoms with E-state index in [-0.39, 0.29) is 23.8 Å². The Bertz CT molecular complexity index is 894. The van der Waals surface area contributed by atoms with Crippen LogP contribution >= 0.6 is 0 Å². The summed E-state index contributed by atoms with van der Waals surface area (Å²) in [5.74, 6) is -0.400. The van der Waals surface area contributed by atoms with Gasteiger partial charge in [0.05, 0.1) is 6.20 Å². The van der Waals surface area contributed by atoms with Crippen LogP contribution < -0.4 is 5.73 Å². The number of rotatable bonds is 4. The monoisotopic (exact) mass is 420 g/mol. The van der Waals surface area contributed by atoms with Crippen molar-refractivity contribution in [2.45, 2.75) is 70.0 Å². The van der Waals surface area contributed by atoms with Crippen molar-refractivity contribution in [2.24, 2.45) is 10.7 Å². The lowest BCUT2D eigenvalue weighted by molar-refractivity contribution is 0.0996. The number of carbonyl (C=O) groups excluding carboxylic acids is 1. The SMILES string of the molecule is CCc1cnnc(C(=O)N=C2C[C@H]3CC[C@@H](C2)N3S(=O)(=O)N2CCC(N)CC2)c1. The summed E-state index contributed by atoms with van der Waals surface area (Å²) in [5, 5.41) is 7.77. The molecule has 0 aliphatic carbocycles. The molecule has 0 saturated carbocycles. The number of carbonyl (C=O) groups is 1. The van der Waals surface area contributed by atoms with Crippen LogP contribution in [0.3, 0.4) is 0 Å². The molecule has 10 heteroatoms. The summed E-state index contributed by atoms with van der Waals surface area (Å²) in [4.78, 5) is 16.8. The van der Waals surface area contributed by atoms with Gasteiger partial charge in [-0.05, 0) is 43.7 Å². The Morgan fingerprint density at radius 2 is 1.86 bits per heavy atom. The zero-order valence-electron chi connectivity index (χ0n) is 16.7. The Kier molecular flexibility index (Phi) is 5.78. The van der Waals surface area contributed by atoms with Gasteiger partial charge >= 0.3 is 0 Å². The van der Waals surface area contributed by atoms with E-state index in [1.807, 2.05) is 6.92 Å². The number of nitrogens with zero attached hydrogens (tertiary/aromatic N) is 5. The Morgan fingerprint density at radius 1 is 1.21 bits per heavy atom. The van der Waals surface area contributed by atoms with Crippen LogP contribution in [0.2, 0.25) is 0 Å². The van der Waals surface area contributed by atoms with Gasteiger partial charge in [-0.2, -0.15) is 22.1 Å². The molecule has 3 aliphatic rings. The lowest BCUT2D eigenvalue weighted by atomic mass is 10.0. The molecule has 29 heavy (non-hydrogen) atoms. The number of hydrogen-bond acceptors (Lipinski definition) is 6. The van der Waals surface area contributed by atoms with Crippen LogP contribution in [0.15, 0.2) is 17.3 Å². The fraction of sp³-hybridized carbons (Fsp3) is 0.684. The molecule has 1 aromatic heterocycles. The third-order valence-electron chi connectivity index (χ3n) is 6.18. The number of aliphatic imine (C=N–C) groups is 1. The number of aryl methyl sites for hydroxylation is 1. The molecule has 2 atom stereocenters. The van der Waals surface area contributed by atoms with Gasteiger partial charge in [0.2, 0.25) is 0 Å². The van der Waals surface area contributed by atoms with Gasteiger partial charge in [-0.1, -0.05) is 6.92 Å². The molecule has 3 saturated heterocycles. The fourth-order valence-corrected chi connectivity index (χ4v) is 6.61. The predicted octanol–water partition coefficient (Wildman–Crippen LogP) is 0.915. The smallest absolute Gasteiger partial charge is 0.297 e. The summed E-state index contributed by atoms with van der Waals surface area (Å²) in [5.41, 5.74) is 7.86. The molecule has 158 valence electrons. The summed E-state index contributed by atoms with van der Waals surface area (Å²) < 4.78 is 29.7. The van der Waals surface area contributed by atoms with Gasteiger partial charge < -0.3 is 5.73 Å². The van der Waals surface area contributed by atoms with E-state index in [2.05, 4.69) is 15.2 Å². The Morgan fingerprint density at radius 3 is 2.48 bits per heavy atom. The highest BCUT2D eigenvalue weighted by Crippen LogP contribution is 2.38. The molecule has 2 bridgehead atoms. The first-order valence-corrected chi connectivity index (χ1v) is 11.7. The molecular weight excluding hydrogens is 392 g/mol. The summed E-state index contributed by atoms with van der Waals surface area (Å²) in [6, 6.07) is 1.54. The lowest BCUT2D eigenvalue weighted by Crippen LogP contribution is -2.55. The summed E-state index contributed by atoms with van der Waals surface area (Å²) >= 11 is 0. The van der Waals surface area contributed by atoms with Crippen LogP contribution in [-0.2, 0) is 16.6 Å². The minimum Gasteiger partial charge on any atom is -0.328 e. The Labute approximate surface area is 171 Å². The fourth-order valence-electron chi connectivity index (χ4n) is 4.56. The first-order valence-electron chi connectivity index (χ1n) is 10.3. The molecule has 9 nitrogen and oxygen atoms in total. The molecule has 0 aromatic carbocycles. The normalized spacial score (nSPS) is 28.1. The van der Waals surface area contributed by atoms with Crippen molar-refractivity contribution in [3.63, 3.8) is 0 Å². The largest absolute Gasteiger partial charge is 0.328 e. The van der Waals surface area contributed by atoms with Gasteiger partial charge in [-0.3, -0.25) is 4.79 Å². The average molecular weight is 421 g/mol. The van der Waals surface area contributed by atoms with E-state index >= 15 is 0 Å². The summed E-state index contributed by atoms with van der Waals surface area (Å²) in [7, 11) is -3.51. The van der Waals surface area contributed by atoms with E-state index in [4.69, 9.17) is 5.73 Å². The number of fused-ring (bicyclic) bond motifs is 2. The molecule has 0 spiro atoms. The maximum atomic E-state index is 13.2. The summed E-state index contributed by atoms with van der Waals surface area (Å²) in [6.07, 6.45) is 6.39. The molecule has 1 amide bonds. The van der Waals surface area contributed by atoms with Gasteiger partial charge in [-0.15, -0.1) is 5.10 Å². The van der Waals surface area contributed by atoms with E-state index in [0.717, 1.165) is 30.5 Å². The van der Waals surface area contributed by atoms with Crippen LogP contribution in [0, 0.1) is 0 Å². The highest BCUT2D eigenvalue weighted by Gasteiger charge is 2.48. The second-order valence-electron chi connectivity index (χ2n) is 8.15. The lowest BCUT2D eigenvalue weighted by Gasteiger charge is -2.39. The number of hydrogen-bond donors (Lipinski definition) is 1. The van der Waals surface area contributed by atoms with Gasteiger partial charge in [0.25, 0.3) is 16.1 Å². The van der Waals surface area contributed by atoms with Crippen molar-refractivity contribution < 1.29 is 13.2 Å². The van der Waals surface area contributed by atoms with Crippen molar-refractivity contribution in [3.8, 4) is 0 Å². The van der Waals surface area contributed by atoms with Crippen molar-refractivity contribution in [1.29, 1.82) is 0 Å².